The lowest BCUT2D eigenvalue weighted by Crippen LogP contribution is -2.48. The zero-order valence-corrected chi connectivity index (χ0v) is 15.9. The van der Waals surface area contributed by atoms with E-state index in [9.17, 15) is 14.7 Å². The minimum Gasteiger partial charge on any atom is -0.490 e. The van der Waals surface area contributed by atoms with Gasteiger partial charge in [0.2, 0.25) is 0 Å². The van der Waals surface area contributed by atoms with Crippen molar-refractivity contribution < 1.29 is 24.2 Å². The molecule has 1 aromatic rings. The monoisotopic (exact) mass is 363 g/mol. The Bertz CT molecular complexity index is 645. The summed E-state index contributed by atoms with van der Waals surface area (Å²) in [5.41, 5.74) is -0.397. The van der Waals surface area contributed by atoms with Crippen LogP contribution in [-0.4, -0.2) is 48.2 Å². The summed E-state index contributed by atoms with van der Waals surface area (Å²) in [6.45, 7) is 7.55. The summed E-state index contributed by atoms with van der Waals surface area (Å²) in [4.78, 5) is 26.0. The predicted molar refractivity (Wildman–Crippen MR) is 98.9 cm³/mol. The van der Waals surface area contributed by atoms with E-state index in [4.69, 9.17) is 9.47 Å². The highest BCUT2D eigenvalue weighted by Gasteiger charge is 2.39. The van der Waals surface area contributed by atoms with Gasteiger partial charge in [0.25, 0.3) is 5.91 Å². The second-order valence-electron chi connectivity index (χ2n) is 6.99. The highest BCUT2D eigenvalue weighted by atomic mass is 16.5. The number of carboxylic acids is 1. The molecule has 0 spiro atoms. The average Bonchev–Trinajstić information content (AvgIpc) is 2.62. The third-order valence-electron chi connectivity index (χ3n) is 4.75. The Morgan fingerprint density at radius 2 is 2.00 bits per heavy atom. The number of rotatable bonds is 8. The first-order valence-electron chi connectivity index (χ1n) is 9.33. The van der Waals surface area contributed by atoms with Gasteiger partial charge in [0.15, 0.2) is 11.5 Å². The third-order valence-corrected chi connectivity index (χ3v) is 4.75. The molecule has 1 atom stereocenters. The van der Waals surface area contributed by atoms with Crippen LogP contribution >= 0.6 is 0 Å². The molecule has 0 aliphatic carbocycles. The van der Waals surface area contributed by atoms with Gasteiger partial charge in [-0.05, 0) is 51.3 Å². The number of ether oxygens (including phenoxy) is 2. The van der Waals surface area contributed by atoms with Crippen LogP contribution in [0, 0.1) is 5.41 Å². The predicted octanol–water partition coefficient (Wildman–Crippen LogP) is 3.59. The number of hydrogen-bond donors (Lipinski definition) is 1. The van der Waals surface area contributed by atoms with E-state index in [1.54, 1.807) is 30.0 Å². The fourth-order valence-electron chi connectivity index (χ4n) is 3.13. The van der Waals surface area contributed by atoms with Gasteiger partial charge < -0.3 is 19.5 Å². The van der Waals surface area contributed by atoms with E-state index >= 15 is 0 Å². The maximum absolute atomic E-state index is 12.9. The Morgan fingerprint density at radius 3 is 2.65 bits per heavy atom. The molecule has 0 bridgehead atoms. The number of benzene rings is 1. The number of unbranched alkanes of at least 4 members (excludes halogenated alkanes) is 1. The van der Waals surface area contributed by atoms with Gasteiger partial charge in [-0.2, -0.15) is 0 Å². The number of aliphatic carboxylic acids is 1. The molecule has 1 aromatic carbocycles. The van der Waals surface area contributed by atoms with E-state index in [2.05, 4.69) is 6.92 Å². The molecule has 1 aliphatic rings. The van der Waals surface area contributed by atoms with Crippen LogP contribution in [0.3, 0.4) is 0 Å². The van der Waals surface area contributed by atoms with E-state index in [0.29, 0.717) is 49.7 Å². The molecule has 1 saturated heterocycles. The van der Waals surface area contributed by atoms with E-state index in [1.807, 2.05) is 6.92 Å². The molecule has 0 saturated carbocycles. The Balaban J connectivity index is 2.17. The Kier molecular flexibility index (Phi) is 6.89. The lowest BCUT2D eigenvalue weighted by Gasteiger charge is -2.37. The molecule has 1 N–H and O–H groups in total. The van der Waals surface area contributed by atoms with Crippen molar-refractivity contribution in [3.8, 4) is 11.5 Å². The summed E-state index contributed by atoms with van der Waals surface area (Å²) in [5.74, 6) is 0.154. The molecule has 0 radical (unpaired) electrons. The van der Waals surface area contributed by atoms with Gasteiger partial charge in [-0.15, -0.1) is 0 Å². The van der Waals surface area contributed by atoms with Crippen LogP contribution in [0.1, 0.15) is 56.8 Å². The zero-order valence-electron chi connectivity index (χ0n) is 15.9. The molecule has 1 heterocycles. The largest absolute Gasteiger partial charge is 0.490 e. The normalized spacial score (nSPS) is 19.9. The number of likely N-dealkylation sites (tertiary alicyclic amines) is 1. The number of carboxylic acid groups (broad SMARTS) is 1. The molecule has 26 heavy (non-hydrogen) atoms. The van der Waals surface area contributed by atoms with Crippen LogP contribution in [0.2, 0.25) is 0 Å². The van der Waals surface area contributed by atoms with Crippen LogP contribution in [0.4, 0.5) is 0 Å². The number of carbonyl (C=O) groups is 2. The highest BCUT2D eigenvalue weighted by Crippen LogP contribution is 2.33. The van der Waals surface area contributed by atoms with Gasteiger partial charge in [-0.25, -0.2) is 0 Å². The van der Waals surface area contributed by atoms with Crippen LogP contribution in [0.15, 0.2) is 18.2 Å². The summed E-state index contributed by atoms with van der Waals surface area (Å²) in [6.07, 6.45) is 3.26. The highest BCUT2D eigenvalue weighted by molar-refractivity contribution is 5.95. The molecule has 6 heteroatoms. The van der Waals surface area contributed by atoms with Crippen molar-refractivity contribution in [2.75, 3.05) is 26.3 Å². The van der Waals surface area contributed by atoms with E-state index < -0.39 is 11.4 Å². The SMILES string of the molecule is CCCCOc1ccc(C(=O)N2CCCC(C)(C(=O)O)C2)cc1OCC. The molecular weight excluding hydrogens is 334 g/mol. The molecule has 1 fully saturated rings. The van der Waals surface area contributed by atoms with E-state index in [1.165, 1.54) is 0 Å². The molecule has 1 unspecified atom stereocenters. The molecule has 6 nitrogen and oxygen atoms in total. The first kappa shape index (κ1) is 20.1. The number of hydrogen-bond acceptors (Lipinski definition) is 4. The number of piperidine rings is 1. The van der Waals surface area contributed by atoms with Crippen molar-refractivity contribution in [3.05, 3.63) is 23.8 Å². The van der Waals surface area contributed by atoms with Crippen molar-refractivity contribution in [2.45, 2.75) is 46.5 Å². The van der Waals surface area contributed by atoms with Crippen molar-refractivity contribution in [2.24, 2.45) is 5.41 Å². The van der Waals surface area contributed by atoms with Gasteiger partial charge in [0.1, 0.15) is 0 Å². The fraction of sp³-hybridized carbons (Fsp3) is 0.600. The van der Waals surface area contributed by atoms with Crippen molar-refractivity contribution in [3.63, 3.8) is 0 Å². The van der Waals surface area contributed by atoms with Crippen molar-refractivity contribution >= 4 is 11.9 Å². The molecular formula is C20H29NO5. The van der Waals surface area contributed by atoms with Gasteiger partial charge in [-0.1, -0.05) is 13.3 Å². The first-order chi connectivity index (χ1) is 12.4. The smallest absolute Gasteiger partial charge is 0.311 e. The molecule has 1 amide bonds. The van der Waals surface area contributed by atoms with Gasteiger partial charge >= 0.3 is 5.97 Å². The summed E-state index contributed by atoms with van der Waals surface area (Å²) >= 11 is 0. The zero-order chi connectivity index (χ0) is 19.2. The van der Waals surface area contributed by atoms with Gasteiger partial charge in [0, 0.05) is 18.7 Å². The van der Waals surface area contributed by atoms with Crippen LogP contribution in [0.25, 0.3) is 0 Å². The Labute approximate surface area is 155 Å². The standard InChI is InChI=1S/C20H29NO5/c1-4-6-12-26-16-9-8-15(13-17(16)25-5-2)18(22)21-11-7-10-20(3,14-21)19(23)24/h8-9,13H,4-7,10-12,14H2,1-3H3,(H,23,24). The lowest BCUT2D eigenvalue weighted by atomic mass is 9.82. The number of carbonyl (C=O) groups excluding carboxylic acids is 1. The average molecular weight is 363 g/mol. The second-order valence-corrected chi connectivity index (χ2v) is 6.99. The maximum Gasteiger partial charge on any atom is 0.311 e. The third kappa shape index (κ3) is 4.68. The maximum atomic E-state index is 12.9. The number of amides is 1. The van der Waals surface area contributed by atoms with Gasteiger partial charge in [0.05, 0.1) is 18.6 Å². The number of nitrogens with zero attached hydrogens (tertiary/aromatic N) is 1. The summed E-state index contributed by atoms with van der Waals surface area (Å²) in [7, 11) is 0. The van der Waals surface area contributed by atoms with Gasteiger partial charge in [-0.3, -0.25) is 9.59 Å². The van der Waals surface area contributed by atoms with Crippen molar-refractivity contribution in [1.29, 1.82) is 0 Å². The lowest BCUT2D eigenvalue weighted by molar-refractivity contribution is -0.150. The quantitative estimate of drug-likeness (QED) is 0.714. The fourth-order valence-corrected chi connectivity index (χ4v) is 3.13. The summed E-state index contributed by atoms with van der Waals surface area (Å²) in [6, 6.07) is 5.17. The first-order valence-corrected chi connectivity index (χ1v) is 9.33. The van der Waals surface area contributed by atoms with Crippen molar-refractivity contribution in [1.82, 2.24) is 4.90 Å². The summed E-state index contributed by atoms with van der Waals surface area (Å²) in [5, 5.41) is 9.45. The Hall–Kier alpha value is -2.24. The molecule has 1 aliphatic heterocycles. The minimum atomic E-state index is -0.889. The summed E-state index contributed by atoms with van der Waals surface area (Å²) < 4.78 is 11.4. The van der Waals surface area contributed by atoms with Crippen LogP contribution in [0.5, 0.6) is 11.5 Å². The molecule has 2 rings (SSSR count). The van der Waals surface area contributed by atoms with E-state index in [-0.39, 0.29) is 12.5 Å². The van der Waals surface area contributed by atoms with Crippen LogP contribution < -0.4 is 9.47 Å². The molecule has 144 valence electrons. The minimum absolute atomic E-state index is 0.168. The Morgan fingerprint density at radius 1 is 1.23 bits per heavy atom. The van der Waals surface area contributed by atoms with E-state index in [0.717, 1.165) is 12.8 Å². The topological polar surface area (TPSA) is 76.1 Å². The molecule has 0 aromatic heterocycles. The van der Waals surface area contributed by atoms with Crippen LogP contribution in [-0.2, 0) is 4.79 Å². The second kappa shape index (κ2) is 8.92.